The summed E-state index contributed by atoms with van der Waals surface area (Å²) in [6.07, 6.45) is 3.30. The van der Waals surface area contributed by atoms with Gasteiger partial charge in [0, 0.05) is 0 Å². The monoisotopic (exact) mass is 304 g/mol. The van der Waals surface area contributed by atoms with Crippen LogP contribution in [0.15, 0.2) is 18.2 Å². The second-order valence-electron chi connectivity index (χ2n) is 5.46. The van der Waals surface area contributed by atoms with E-state index >= 15 is 0 Å². The molecule has 0 radical (unpaired) electrons. The highest BCUT2D eigenvalue weighted by Crippen LogP contribution is 2.25. The van der Waals surface area contributed by atoms with Crippen molar-refractivity contribution in [2.75, 3.05) is 0 Å². The highest BCUT2D eigenvalue weighted by Gasteiger charge is 2.24. The average molecular weight is 304 g/mol. The molecule has 2 rings (SSSR count). The minimum atomic E-state index is -1.52. The lowest BCUT2D eigenvalue weighted by atomic mass is 10.0. The van der Waals surface area contributed by atoms with Crippen molar-refractivity contribution in [3.63, 3.8) is 0 Å². The smallest absolute Gasteiger partial charge is 0.316 e. The zero-order valence-electron chi connectivity index (χ0n) is 12.4. The van der Waals surface area contributed by atoms with E-state index in [1.807, 2.05) is 13.0 Å². The van der Waals surface area contributed by atoms with Crippen molar-refractivity contribution >= 4 is 17.8 Å². The SMILES string of the molecule is CC(NC(=O)NC(C(N)=O)C(N)=O)c1ccc2c(c1)CCC2. The molecule has 1 unspecified atom stereocenters. The highest BCUT2D eigenvalue weighted by molar-refractivity contribution is 6.05. The Bertz CT molecular complexity index is 601. The number of nitrogens with one attached hydrogen (secondary N) is 2. The average Bonchev–Trinajstić information content (AvgIpc) is 2.91. The lowest BCUT2D eigenvalue weighted by Gasteiger charge is -2.18. The normalized spacial score (nSPS) is 14.3. The number of hydrogen-bond acceptors (Lipinski definition) is 3. The molecule has 1 atom stereocenters. The summed E-state index contributed by atoms with van der Waals surface area (Å²) in [5.74, 6) is -1.99. The van der Waals surface area contributed by atoms with Crippen molar-refractivity contribution < 1.29 is 14.4 Å². The van der Waals surface area contributed by atoms with Gasteiger partial charge in [-0.15, -0.1) is 0 Å². The summed E-state index contributed by atoms with van der Waals surface area (Å²) in [7, 11) is 0. The molecule has 118 valence electrons. The number of carbonyl (C=O) groups excluding carboxylic acids is 3. The van der Waals surface area contributed by atoms with Crippen LogP contribution in [0.1, 0.15) is 36.1 Å². The lowest BCUT2D eigenvalue weighted by molar-refractivity contribution is -0.128. The predicted octanol–water partition coefficient (Wildman–Crippen LogP) is -0.125. The van der Waals surface area contributed by atoms with Crippen LogP contribution in [0.25, 0.3) is 0 Å². The number of fused-ring (bicyclic) bond motifs is 1. The van der Waals surface area contributed by atoms with E-state index in [0.29, 0.717) is 0 Å². The third kappa shape index (κ3) is 3.55. The van der Waals surface area contributed by atoms with Crippen LogP contribution in [-0.4, -0.2) is 23.9 Å². The summed E-state index contributed by atoms with van der Waals surface area (Å²) in [5, 5.41) is 4.83. The van der Waals surface area contributed by atoms with Crippen LogP contribution in [0.4, 0.5) is 4.79 Å². The van der Waals surface area contributed by atoms with Crippen molar-refractivity contribution in [3.8, 4) is 0 Å². The molecule has 22 heavy (non-hydrogen) atoms. The number of amides is 4. The molecule has 0 fully saturated rings. The van der Waals surface area contributed by atoms with Crippen molar-refractivity contribution in [2.45, 2.75) is 38.3 Å². The van der Waals surface area contributed by atoms with E-state index in [0.717, 1.165) is 24.8 Å². The number of carbonyl (C=O) groups is 3. The molecular formula is C15H20N4O3. The van der Waals surface area contributed by atoms with E-state index in [2.05, 4.69) is 22.8 Å². The molecule has 0 bridgehead atoms. The number of rotatable bonds is 5. The zero-order valence-corrected chi connectivity index (χ0v) is 12.4. The van der Waals surface area contributed by atoms with Gasteiger partial charge in [-0.25, -0.2) is 4.79 Å². The summed E-state index contributed by atoms with van der Waals surface area (Å²) in [6.45, 7) is 1.82. The minimum Gasteiger partial charge on any atom is -0.367 e. The molecule has 4 amide bonds. The van der Waals surface area contributed by atoms with E-state index in [9.17, 15) is 14.4 Å². The zero-order chi connectivity index (χ0) is 16.3. The van der Waals surface area contributed by atoms with Gasteiger partial charge in [0.1, 0.15) is 0 Å². The Morgan fingerprint density at radius 3 is 2.32 bits per heavy atom. The van der Waals surface area contributed by atoms with Gasteiger partial charge in [-0.3, -0.25) is 9.59 Å². The van der Waals surface area contributed by atoms with Crippen molar-refractivity contribution in [1.29, 1.82) is 0 Å². The predicted molar refractivity (Wildman–Crippen MR) is 80.7 cm³/mol. The summed E-state index contributed by atoms with van der Waals surface area (Å²) < 4.78 is 0. The quantitative estimate of drug-likeness (QED) is 0.566. The van der Waals surface area contributed by atoms with E-state index < -0.39 is 23.9 Å². The van der Waals surface area contributed by atoms with Gasteiger partial charge in [0.15, 0.2) is 6.04 Å². The Balaban J connectivity index is 1.99. The van der Waals surface area contributed by atoms with E-state index in [4.69, 9.17) is 11.5 Å². The maximum Gasteiger partial charge on any atom is 0.316 e. The van der Waals surface area contributed by atoms with Crippen LogP contribution >= 0.6 is 0 Å². The van der Waals surface area contributed by atoms with Gasteiger partial charge in [-0.1, -0.05) is 18.2 Å². The molecule has 7 heteroatoms. The molecule has 0 saturated heterocycles. The first kappa shape index (κ1) is 15.8. The number of aryl methyl sites for hydroxylation is 2. The van der Waals surface area contributed by atoms with Gasteiger partial charge in [-0.2, -0.15) is 0 Å². The van der Waals surface area contributed by atoms with Crippen LogP contribution in [0.2, 0.25) is 0 Å². The largest absolute Gasteiger partial charge is 0.367 e. The topological polar surface area (TPSA) is 127 Å². The molecule has 0 aromatic heterocycles. The Hall–Kier alpha value is -2.57. The summed E-state index contributed by atoms with van der Waals surface area (Å²) in [5.41, 5.74) is 13.6. The van der Waals surface area contributed by atoms with Crippen LogP contribution in [0.3, 0.4) is 0 Å². The molecule has 6 N–H and O–H groups in total. The molecule has 1 aliphatic rings. The van der Waals surface area contributed by atoms with Crippen molar-refractivity contribution in [1.82, 2.24) is 10.6 Å². The molecule has 1 aliphatic carbocycles. The first-order valence-electron chi connectivity index (χ1n) is 7.16. The first-order valence-corrected chi connectivity index (χ1v) is 7.16. The van der Waals surface area contributed by atoms with Crippen LogP contribution in [0, 0.1) is 0 Å². The molecule has 0 spiro atoms. The maximum atomic E-state index is 11.8. The Kier molecular flexibility index (Phi) is 4.65. The first-order chi connectivity index (χ1) is 10.4. The number of hydrogen-bond donors (Lipinski definition) is 4. The van der Waals surface area contributed by atoms with E-state index in [1.165, 1.54) is 11.1 Å². The van der Waals surface area contributed by atoms with Gasteiger partial charge in [0.25, 0.3) is 0 Å². The minimum absolute atomic E-state index is 0.271. The van der Waals surface area contributed by atoms with Gasteiger partial charge in [0.2, 0.25) is 11.8 Å². The van der Waals surface area contributed by atoms with Crippen molar-refractivity contribution in [2.24, 2.45) is 11.5 Å². The van der Waals surface area contributed by atoms with Crippen LogP contribution < -0.4 is 22.1 Å². The Labute approximate surface area is 128 Å². The Morgan fingerprint density at radius 1 is 1.05 bits per heavy atom. The van der Waals surface area contributed by atoms with E-state index in [1.54, 1.807) is 0 Å². The summed E-state index contributed by atoms with van der Waals surface area (Å²) in [4.78, 5) is 33.9. The van der Waals surface area contributed by atoms with E-state index in [-0.39, 0.29) is 6.04 Å². The van der Waals surface area contributed by atoms with Gasteiger partial charge in [-0.05, 0) is 42.9 Å². The van der Waals surface area contributed by atoms with Gasteiger partial charge in [0.05, 0.1) is 6.04 Å². The fraction of sp³-hybridized carbons (Fsp3) is 0.400. The Morgan fingerprint density at radius 2 is 1.68 bits per heavy atom. The molecule has 1 aromatic carbocycles. The molecular weight excluding hydrogens is 284 g/mol. The molecule has 0 heterocycles. The number of benzene rings is 1. The number of urea groups is 1. The highest BCUT2D eigenvalue weighted by atomic mass is 16.2. The maximum absolute atomic E-state index is 11.8. The third-order valence-corrected chi connectivity index (χ3v) is 3.81. The lowest BCUT2D eigenvalue weighted by Crippen LogP contribution is -2.55. The molecule has 0 saturated carbocycles. The number of primary amides is 2. The summed E-state index contributed by atoms with van der Waals surface area (Å²) in [6, 6.07) is 3.65. The molecule has 7 nitrogen and oxygen atoms in total. The second kappa shape index (κ2) is 6.46. The fourth-order valence-electron chi connectivity index (χ4n) is 2.60. The standard InChI is InChI=1S/C15H20N4O3/c1-8(10-6-5-9-3-2-4-11(9)7-10)18-15(22)19-12(13(16)20)14(17)21/h5-8,12H,2-4H2,1H3,(H2,16,20)(H2,17,21)(H2,18,19,22). The second-order valence-corrected chi connectivity index (χ2v) is 5.46. The van der Waals surface area contributed by atoms with Crippen LogP contribution in [0.5, 0.6) is 0 Å². The van der Waals surface area contributed by atoms with Crippen LogP contribution in [-0.2, 0) is 22.4 Å². The van der Waals surface area contributed by atoms with Gasteiger partial charge >= 0.3 is 6.03 Å². The number of nitrogens with two attached hydrogens (primary N) is 2. The summed E-state index contributed by atoms with van der Waals surface area (Å²) >= 11 is 0. The third-order valence-electron chi connectivity index (χ3n) is 3.81. The van der Waals surface area contributed by atoms with Crippen molar-refractivity contribution in [3.05, 3.63) is 34.9 Å². The molecule has 1 aromatic rings. The van der Waals surface area contributed by atoms with Gasteiger partial charge < -0.3 is 22.1 Å². The molecule has 0 aliphatic heterocycles. The fourth-order valence-corrected chi connectivity index (χ4v) is 2.60.